The smallest absolute Gasteiger partial charge is 0.182 e. The number of hydrogen-bond acceptors (Lipinski definition) is 4. The van der Waals surface area contributed by atoms with Crippen molar-refractivity contribution in [2.45, 2.75) is 18.7 Å². The summed E-state index contributed by atoms with van der Waals surface area (Å²) in [6.07, 6.45) is 0. The second-order valence-corrected chi connectivity index (χ2v) is 6.28. The SMILES string of the molecule is COc1ccc(C)cc1S(=O)(=O)CC(C)CN. The lowest BCUT2D eigenvalue weighted by atomic mass is 10.2. The number of sulfone groups is 1. The van der Waals surface area contributed by atoms with E-state index in [-0.39, 0.29) is 16.6 Å². The fraction of sp³-hybridized carbons (Fsp3) is 0.500. The van der Waals surface area contributed by atoms with Gasteiger partial charge < -0.3 is 10.5 Å². The summed E-state index contributed by atoms with van der Waals surface area (Å²) in [5, 5.41) is 0. The Balaban J connectivity index is 3.18. The zero-order chi connectivity index (χ0) is 13.1. The number of ether oxygens (including phenoxy) is 1. The van der Waals surface area contributed by atoms with Crippen LogP contribution in [0.15, 0.2) is 23.1 Å². The molecule has 0 saturated heterocycles. The summed E-state index contributed by atoms with van der Waals surface area (Å²) in [5.74, 6) is 0.369. The minimum atomic E-state index is -3.34. The molecule has 0 spiro atoms. The summed E-state index contributed by atoms with van der Waals surface area (Å²) >= 11 is 0. The molecule has 17 heavy (non-hydrogen) atoms. The monoisotopic (exact) mass is 257 g/mol. The van der Waals surface area contributed by atoms with Crippen molar-refractivity contribution < 1.29 is 13.2 Å². The van der Waals surface area contributed by atoms with Gasteiger partial charge in [0, 0.05) is 0 Å². The van der Waals surface area contributed by atoms with Crippen LogP contribution in [0.2, 0.25) is 0 Å². The summed E-state index contributed by atoms with van der Waals surface area (Å²) in [6, 6.07) is 5.14. The molecule has 2 N–H and O–H groups in total. The zero-order valence-corrected chi connectivity index (χ0v) is 11.3. The van der Waals surface area contributed by atoms with Gasteiger partial charge in [-0.3, -0.25) is 0 Å². The zero-order valence-electron chi connectivity index (χ0n) is 10.4. The number of methoxy groups -OCH3 is 1. The lowest BCUT2D eigenvalue weighted by molar-refractivity contribution is 0.402. The highest BCUT2D eigenvalue weighted by atomic mass is 32.2. The molecular weight excluding hydrogens is 238 g/mol. The van der Waals surface area contributed by atoms with Crippen molar-refractivity contribution in [3.63, 3.8) is 0 Å². The van der Waals surface area contributed by atoms with Crippen LogP contribution >= 0.6 is 0 Å². The predicted octanol–water partition coefficient (Wildman–Crippen LogP) is 1.37. The topological polar surface area (TPSA) is 69.4 Å². The van der Waals surface area contributed by atoms with Gasteiger partial charge in [-0.2, -0.15) is 0 Å². The highest BCUT2D eigenvalue weighted by Crippen LogP contribution is 2.26. The molecule has 1 aromatic rings. The van der Waals surface area contributed by atoms with Crippen molar-refractivity contribution >= 4 is 9.84 Å². The molecule has 96 valence electrons. The Morgan fingerprint density at radius 2 is 2.06 bits per heavy atom. The van der Waals surface area contributed by atoms with Crippen molar-refractivity contribution in [2.75, 3.05) is 19.4 Å². The van der Waals surface area contributed by atoms with Gasteiger partial charge in [0.05, 0.1) is 12.9 Å². The lowest BCUT2D eigenvalue weighted by Gasteiger charge is -2.13. The summed E-state index contributed by atoms with van der Waals surface area (Å²) in [6.45, 7) is 4.03. The molecule has 0 fully saturated rings. The Hall–Kier alpha value is -1.07. The standard InChI is InChI=1S/C12H19NO3S/c1-9-4-5-11(16-3)12(6-9)17(14,15)8-10(2)7-13/h4-6,10H,7-8,13H2,1-3H3. The quantitative estimate of drug-likeness (QED) is 0.865. The molecule has 0 amide bonds. The van der Waals surface area contributed by atoms with Gasteiger partial charge >= 0.3 is 0 Å². The van der Waals surface area contributed by atoms with E-state index in [1.807, 2.05) is 19.9 Å². The van der Waals surface area contributed by atoms with Crippen molar-refractivity contribution in [2.24, 2.45) is 11.7 Å². The number of rotatable bonds is 5. The van der Waals surface area contributed by atoms with Crippen LogP contribution in [0.25, 0.3) is 0 Å². The van der Waals surface area contributed by atoms with Gasteiger partial charge in [0.2, 0.25) is 0 Å². The number of nitrogens with two attached hydrogens (primary N) is 1. The van der Waals surface area contributed by atoms with Crippen LogP contribution in [0.4, 0.5) is 0 Å². The normalized spacial score (nSPS) is 13.4. The second-order valence-electron chi connectivity index (χ2n) is 4.28. The summed E-state index contributed by atoms with van der Waals surface area (Å²) in [5.41, 5.74) is 6.36. The van der Waals surface area contributed by atoms with Gasteiger partial charge in [0.25, 0.3) is 0 Å². The first-order valence-corrected chi connectivity index (χ1v) is 7.13. The van der Waals surface area contributed by atoms with Gasteiger partial charge in [-0.05, 0) is 37.1 Å². The first-order valence-electron chi connectivity index (χ1n) is 5.48. The van der Waals surface area contributed by atoms with Crippen LogP contribution < -0.4 is 10.5 Å². The van der Waals surface area contributed by atoms with Crippen molar-refractivity contribution in [1.82, 2.24) is 0 Å². The van der Waals surface area contributed by atoms with E-state index in [4.69, 9.17) is 10.5 Å². The Bertz CT molecular complexity index is 483. The van der Waals surface area contributed by atoms with E-state index in [1.165, 1.54) is 7.11 Å². The van der Waals surface area contributed by atoms with Crippen LogP contribution in [-0.4, -0.2) is 27.8 Å². The lowest BCUT2D eigenvalue weighted by Crippen LogP contribution is -2.21. The molecule has 0 bridgehead atoms. The molecular formula is C12H19NO3S. The van der Waals surface area contributed by atoms with Crippen LogP contribution in [-0.2, 0) is 9.84 Å². The van der Waals surface area contributed by atoms with Gasteiger partial charge in [-0.15, -0.1) is 0 Å². The minimum absolute atomic E-state index is 0.0450. The number of hydrogen-bond donors (Lipinski definition) is 1. The van der Waals surface area contributed by atoms with Gasteiger partial charge in [-0.1, -0.05) is 13.0 Å². The van der Waals surface area contributed by atoms with E-state index in [9.17, 15) is 8.42 Å². The molecule has 0 heterocycles. The predicted molar refractivity (Wildman–Crippen MR) is 68.0 cm³/mol. The molecule has 4 nitrogen and oxygen atoms in total. The van der Waals surface area contributed by atoms with E-state index in [0.717, 1.165) is 5.56 Å². The van der Waals surface area contributed by atoms with Crippen LogP contribution in [0, 0.1) is 12.8 Å². The molecule has 1 unspecified atom stereocenters. The molecule has 1 atom stereocenters. The first-order chi connectivity index (χ1) is 7.90. The van der Waals surface area contributed by atoms with Crippen molar-refractivity contribution in [3.05, 3.63) is 23.8 Å². The van der Waals surface area contributed by atoms with E-state index < -0.39 is 9.84 Å². The fourth-order valence-corrected chi connectivity index (χ4v) is 3.45. The number of aryl methyl sites for hydroxylation is 1. The Kier molecular flexibility index (Phi) is 4.54. The highest BCUT2D eigenvalue weighted by Gasteiger charge is 2.22. The third-order valence-corrected chi connectivity index (χ3v) is 4.56. The average Bonchev–Trinajstić information content (AvgIpc) is 2.28. The molecule has 0 radical (unpaired) electrons. The molecule has 0 aromatic heterocycles. The molecule has 0 saturated carbocycles. The van der Waals surface area contributed by atoms with E-state index in [0.29, 0.717) is 12.3 Å². The van der Waals surface area contributed by atoms with E-state index in [2.05, 4.69) is 0 Å². The fourth-order valence-electron chi connectivity index (χ4n) is 1.56. The second kappa shape index (κ2) is 5.51. The van der Waals surface area contributed by atoms with Gasteiger partial charge in [-0.25, -0.2) is 8.42 Å². The first kappa shape index (κ1) is 14.0. The Morgan fingerprint density at radius 3 is 2.59 bits per heavy atom. The molecule has 0 aliphatic heterocycles. The third kappa shape index (κ3) is 3.44. The summed E-state index contributed by atoms with van der Waals surface area (Å²) in [7, 11) is -1.87. The highest BCUT2D eigenvalue weighted by molar-refractivity contribution is 7.91. The van der Waals surface area contributed by atoms with Crippen LogP contribution in [0.3, 0.4) is 0 Å². The maximum absolute atomic E-state index is 12.2. The maximum atomic E-state index is 12.2. The molecule has 1 aromatic carbocycles. The van der Waals surface area contributed by atoms with E-state index in [1.54, 1.807) is 12.1 Å². The van der Waals surface area contributed by atoms with Crippen LogP contribution in [0.1, 0.15) is 12.5 Å². The Morgan fingerprint density at radius 1 is 1.41 bits per heavy atom. The van der Waals surface area contributed by atoms with Crippen molar-refractivity contribution in [1.29, 1.82) is 0 Å². The largest absolute Gasteiger partial charge is 0.495 e. The van der Waals surface area contributed by atoms with Crippen LogP contribution in [0.5, 0.6) is 5.75 Å². The Labute approximate surface area is 103 Å². The van der Waals surface area contributed by atoms with Gasteiger partial charge in [0.1, 0.15) is 10.6 Å². The number of benzene rings is 1. The third-order valence-electron chi connectivity index (χ3n) is 2.56. The average molecular weight is 257 g/mol. The molecule has 5 heteroatoms. The minimum Gasteiger partial charge on any atom is -0.495 e. The molecule has 1 rings (SSSR count). The summed E-state index contributed by atoms with van der Waals surface area (Å²) < 4.78 is 29.5. The molecule has 0 aliphatic rings. The van der Waals surface area contributed by atoms with Gasteiger partial charge in [0.15, 0.2) is 9.84 Å². The summed E-state index contributed by atoms with van der Waals surface area (Å²) in [4.78, 5) is 0.250. The van der Waals surface area contributed by atoms with E-state index >= 15 is 0 Å². The molecule has 0 aliphatic carbocycles. The van der Waals surface area contributed by atoms with Crippen molar-refractivity contribution in [3.8, 4) is 5.75 Å². The maximum Gasteiger partial charge on any atom is 0.182 e.